The Labute approximate surface area is 175 Å². The molecule has 0 unspecified atom stereocenters. The van der Waals surface area contributed by atoms with E-state index in [1.165, 1.54) is 4.90 Å². The molecular formula is C22H28F3N3O2. The molecule has 1 aliphatic carbocycles. The van der Waals surface area contributed by atoms with Gasteiger partial charge < -0.3 is 14.4 Å². The van der Waals surface area contributed by atoms with Crippen LogP contribution < -0.4 is 14.4 Å². The van der Waals surface area contributed by atoms with Gasteiger partial charge >= 0.3 is 12.2 Å². The summed E-state index contributed by atoms with van der Waals surface area (Å²) in [6.07, 6.45) is 2.95. The smallest absolute Gasteiger partial charge is 0.421 e. The minimum absolute atomic E-state index is 0.0295. The minimum atomic E-state index is -4.59. The van der Waals surface area contributed by atoms with E-state index in [9.17, 15) is 13.2 Å². The number of benzene rings is 1. The molecule has 30 heavy (non-hydrogen) atoms. The number of aromatic nitrogens is 2. The Morgan fingerprint density at radius 1 is 1.13 bits per heavy atom. The predicted octanol–water partition coefficient (Wildman–Crippen LogP) is 6.15. The standard InChI is InChI=1S/C22H28F3N3O2/c1-3-4-9-14-29-19-13-8-7-12-18(19)28(2)20-17(22(23,24)25)15-26-21(27-20)30-16-10-5-6-11-16/h7-8,12-13,15-16H,3-6,9-11,14H2,1-2H3. The van der Waals surface area contributed by atoms with Gasteiger partial charge in [0, 0.05) is 13.2 Å². The van der Waals surface area contributed by atoms with Crippen LogP contribution in [-0.4, -0.2) is 29.7 Å². The summed E-state index contributed by atoms with van der Waals surface area (Å²) in [5.74, 6) is 0.260. The van der Waals surface area contributed by atoms with Crippen molar-refractivity contribution in [3.63, 3.8) is 0 Å². The number of hydrogen-bond acceptors (Lipinski definition) is 5. The van der Waals surface area contributed by atoms with E-state index >= 15 is 0 Å². The van der Waals surface area contributed by atoms with Crippen LogP contribution in [0.1, 0.15) is 57.4 Å². The van der Waals surface area contributed by atoms with E-state index < -0.39 is 11.7 Å². The van der Waals surface area contributed by atoms with Gasteiger partial charge in [0.1, 0.15) is 17.4 Å². The first-order chi connectivity index (χ1) is 14.4. The zero-order valence-electron chi connectivity index (χ0n) is 17.4. The predicted molar refractivity (Wildman–Crippen MR) is 109 cm³/mol. The molecule has 1 aromatic heterocycles. The Morgan fingerprint density at radius 3 is 2.57 bits per heavy atom. The number of ether oxygens (including phenoxy) is 2. The van der Waals surface area contributed by atoms with Gasteiger partial charge in [-0.25, -0.2) is 4.98 Å². The molecule has 8 heteroatoms. The maximum atomic E-state index is 13.7. The average molecular weight is 423 g/mol. The molecule has 0 amide bonds. The highest BCUT2D eigenvalue weighted by Gasteiger charge is 2.37. The fourth-order valence-corrected chi connectivity index (χ4v) is 3.53. The van der Waals surface area contributed by atoms with Crippen LogP contribution in [0, 0.1) is 0 Å². The zero-order valence-corrected chi connectivity index (χ0v) is 17.4. The van der Waals surface area contributed by atoms with Crippen molar-refractivity contribution in [1.82, 2.24) is 9.97 Å². The lowest BCUT2D eigenvalue weighted by atomic mass is 10.2. The van der Waals surface area contributed by atoms with E-state index in [-0.39, 0.29) is 17.9 Å². The maximum absolute atomic E-state index is 13.7. The van der Waals surface area contributed by atoms with Gasteiger partial charge in [0.2, 0.25) is 0 Å². The summed E-state index contributed by atoms with van der Waals surface area (Å²) >= 11 is 0. The maximum Gasteiger partial charge on any atom is 0.421 e. The Balaban J connectivity index is 1.90. The lowest BCUT2D eigenvalue weighted by Gasteiger charge is -2.25. The summed E-state index contributed by atoms with van der Waals surface area (Å²) in [5.41, 5.74) is -0.408. The van der Waals surface area contributed by atoms with E-state index in [1.807, 2.05) is 0 Å². The Kier molecular flexibility index (Phi) is 7.39. The van der Waals surface area contributed by atoms with E-state index in [0.29, 0.717) is 18.0 Å². The fraction of sp³-hybridized carbons (Fsp3) is 0.545. The number of hydrogen-bond donors (Lipinski definition) is 0. The Morgan fingerprint density at radius 2 is 1.87 bits per heavy atom. The van der Waals surface area contributed by atoms with Gasteiger partial charge in [0.05, 0.1) is 12.3 Å². The molecule has 0 spiro atoms. The van der Waals surface area contributed by atoms with Crippen molar-refractivity contribution in [3.05, 3.63) is 36.0 Å². The van der Waals surface area contributed by atoms with Crippen molar-refractivity contribution < 1.29 is 22.6 Å². The van der Waals surface area contributed by atoms with E-state index in [1.54, 1.807) is 31.3 Å². The van der Waals surface area contributed by atoms with Gasteiger partial charge in [-0.05, 0) is 44.2 Å². The minimum Gasteiger partial charge on any atom is -0.491 e. The molecule has 0 radical (unpaired) electrons. The summed E-state index contributed by atoms with van der Waals surface area (Å²) in [4.78, 5) is 9.36. The molecule has 1 fully saturated rings. The summed E-state index contributed by atoms with van der Waals surface area (Å²) < 4.78 is 52.6. The highest BCUT2D eigenvalue weighted by molar-refractivity contribution is 5.68. The highest BCUT2D eigenvalue weighted by Crippen LogP contribution is 2.40. The number of para-hydroxylation sites is 2. The number of anilines is 2. The fourth-order valence-electron chi connectivity index (χ4n) is 3.53. The van der Waals surface area contributed by atoms with Crippen LogP contribution in [0.2, 0.25) is 0 Å². The molecule has 0 aliphatic heterocycles. The molecule has 0 N–H and O–H groups in total. The average Bonchev–Trinajstić information content (AvgIpc) is 3.23. The van der Waals surface area contributed by atoms with Crippen LogP contribution in [-0.2, 0) is 6.18 Å². The first kappa shape index (κ1) is 22.2. The van der Waals surface area contributed by atoms with Crippen LogP contribution in [0.25, 0.3) is 0 Å². The number of nitrogens with zero attached hydrogens (tertiary/aromatic N) is 3. The Hall–Kier alpha value is -2.51. The third-order valence-electron chi connectivity index (χ3n) is 5.18. The molecule has 2 aromatic rings. The Bertz CT molecular complexity index is 824. The summed E-state index contributed by atoms with van der Waals surface area (Å²) in [7, 11) is 1.55. The zero-order chi connectivity index (χ0) is 21.6. The molecular weight excluding hydrogens is 395 g/mol. The monoisotopic (exact) mass is 423 g/mol. The van der Waals surface area contributed by atoms with Crippen molar-refractivity contribution in [2.24, 2.45) is 0 Å². The molecule has 0 atom stereocenters. The van der Waals surface area contributed by atoms with Crippen molar-refractivity contribution in [3.8, 4) is 11.8 Å². The third-order valence-corrected chi connectivity index (χ3v) is 5.18. The molecule has 3 rings (SSSR count). The van der Waals surface area contributed by atoms with Gasteiger partial charge in [-0.3, -0.25) is 0 Å². The number of rotatable bonds is 9. The van der Waals surface area contributed by atoms with Crippen LogP contribution in [0.4, 0.5) is 24.7 Å². The summed E-state index contributed by atoms with van der Waals surface area (Å²) in [6.45, 7) is 2.60. The van der Waals surface area contributed by atoms with Crippen LogP contribution >= 0.6 is 0 Å². The molecule has 1 aromatic carbocycles. The van der Waals surface area contributed by atoms with Crippen molar-refractivity contribution in [1.29, 1.82) is 0 Å². The lowest BCUT2D eigenvalue weighted by molar-refractivity contribution is -0.137. The second kappa shape index (κ2) is 10.00. The molecule has 164 valence electrons. The second-order valence-corrected chi connectivity index (χ2v) is 7.49. The second-order valence-electron chi connectivity index (χ2n) is 7.49. The third kappa shape index (κ3) is 5.55. The van der Waals surface area contributed by atoms with Crippen LogP contribution in [0.5, 0.6) is 11.8 Å². The number of unbranched alkanes of at least 4 members (excludes halogenated alkanes) is 2. The van der Waals surface area contributed by atoms with E-state index in [2.05, 4.69) is 16.9 Å². The molecule has 1 saturated carbocycles. The number of halogens is 3. The van der Waals surface area contributed by atoms with Gasteiger partial charge in [-0.15, -0.1) is 0 Å². The van der Waals surface area contributed by atoms with Gasteiger partial charge in [-0.2, -0.15) is 18.2 Å². The SMILES string of the molecule is CCCCCOc1ccccc1N(C)c1nc(OC2CCCC2)ncc1C(F)(F)F. The van der Waals surface area contributed by atoms with Crippen molar-refractivity contribution in [2.75, 3.05) is 18.6 Å². The summed E-state index contributed by atoms with van der Waals surface area (Å²) in [5, 5.41) is 0. The highest BCUT2D eigenvalue weighted by atomic mass is 19.4. The van der Waals surface area contributed by atoms with Crippen molar-refractivity contribution in [2.45, 2.75) is 64.1 Å². The first-order valence-corrected chi connectivity index (χ1v) is 10.5. The van der Waals surface area contributed by atoms with E-state index in [4.69, 9.17) is 9.47 Å². The molecule has 0 saturated heterocycles. The largest absolute Gasteiger partial charge is 0.491 e. The van der Waals surface area contributed by atoms with Gasteiger partial charge in [0.15, 0.2) is 5.82 Å². The molecule has 5 nitrogen and oxygen atoms in total. The van der Waals surface area contributed by atoms with Crippen LogP contribution in [0.3, 0.4) is 0 Å². The normalized spacial score (nSPS) is 14.7. The first-order valence-electron chi connectivity index (χ1n) is 10.5. The topological polar surface area (TPSA) is 47.5 Å². The van der Waals surface area contributed by atoms with E-state index in [0.717, 1.165) is 51.1 Å². The van der Waals surface area contributed by atoms with Crippen LogP contribution in [0.15, 0.2) is 30.5 Å². The molecule has 0 bridgehead atoms. The van der Waals surface area contributed by atoms with Gasteiger partial charge in [-0.1, -0.05) is 31.9 Å². The molecule has 1 aliphatic rings. The quantitative estimate of drug-likeness (QED) is 0.453. The van der Waals surface area contributed by atoms with Crippen molar-refractivity contribution >= 4 is 11.5 Å². The number of alkyl halides is 3. The summed E-state index contributed by atoms with van der Waals surface area (Å²) in [6, 6.07) is 7.00. The molecule has 1 heterocycles. The van der Waals surface area contributed by atoms with Gasteiger partial charge in [0.25, 0.3) is 0 Å². The lowest BCUT2D eigenvalue weighted by Crippen LogP contribution is -2.21.